The molecule has 5 rings (SSSR count). The van der Waals surface area contributed by atoms with Gasteiger partial charge in [0, 0.05) is 48.2 Å². The van der Waals surface area contributed by atoms with Crippen molar-refractivity contribution in [3.05, 3.63) is 88.6 Å². The first-order chi connectivity index (χ1) is 14.6. The van der Waals surface area contributed by atoms with Crippen molar-refractivity contribution in [1.29, 1.82) is 0 Å². The number of aryl methyl sites for hydroxylation is 1. The van der Waals surface area contributed by atoms with Crippen molar-refractivity contribution in [3.63, 3.8) is 0 Å². The van der Waals surface area contributed by atoms with Gasteiger partial charge in [-0.15, -0.1) is 0 Å². The molecular formula is C24H20N4O2. The fourth-order valence-corrected chi connectivity index (χ4v) is 3.60. The molecule has 1 fully saturated rings. The van der Waals surface area contributed by atoms with E-state index in [1.165, 1.54) is 10.6 Å². The molecule has 6 heteroatoms. The Bertz CT molecular complexity index is 1340. The highest BCUT2D eigenvalue weighted by atomic mass is 16.1. The van der Waals surface area contributed by atoms with E-state index in [1.54, 1.807) is 37.8 Å². The molecule has 1 aromatic carbocycles. The van der Waals surface area contributed by atoms with Gasteiger partial charge < -0.3 is 9.88 Å². The molecule has 0 atom stereocenters. The van der Waals surface area contributed by atoms with Crippen LogP contribution in [0.4, 0.5) is 5.82 Å². The minimum atomic E-state index is -0.194. The van der Waals surface area contributed by atoms with E-state index in [0.29, 0.717) is 17.3 Å². The number of rotatable bonds is 4. The number of nitrogens with zero attached hydrogens (tertiary/aromatic N) is 3. The number of benzene rings is 1. The van der Waals surface area contributed by atoms with Crippen LogP contribution in [0.2, 0.25) is 0 Å². The van der Waals surface area contributed by atoms with Crippen LogP contribution in [0.25, 0.3) is 22.0 Å². The highest BCUT2D eigenvalue weighted by Crippen LogP contribution is 2.43. The van der Waals surface area contributed by atoms with Crippen molar-refractivity contribution < 1.29 is 4.79 Å². The summed E-state index contributed by atoms with van der Waals surface area (Å²) in [6.07, 6.45) is 7.46. The van der Waals surface area contributed by atoms with Crippen molar-refractivity contribution in [3.8, 4) is 11.3 Å². The Labute approximate surface area is 173 Å². The van der Waals surface area contributed by atoms with Gasteiger partial charge in [-0.1, -0.05) is 12.1 Å². The smallest absolute Gasteiger partial charge is 0.256 e. The second-order valence-electron chi connectivity index (χ2n) is 7.67. The Hall–Kier alpha value is -3.80. The molecule has 0 unspecified atom stereocenters. The molecule has 4 aromatic rings. The molecule has 1 aliphatic carbocycles. The molecule has 0 saturated heterocycles. The van der Waals surface area contributed by atoms with Gasteiger partial charge in [-0.25, -0.2) is 4.98 Å². The average molecular weight is 396 g/mol. The van der Waals surface area contributed by atoms with Gasteiger partial charge in [-0.05, 0) is 60.0 Å². The zero-order valence-corrected chi connectivity index (χ0v) is 16.5. The summed E-state index contributed by atoms with van der Waals surface area (Å²) in [6.45, 7) is 0. The van der Waals surface area contributed by atoms with E-state index >= 15 is 0 Å². The van der Waals surface area contributed by atoms with Gasteiger partial charge in [0.25, 0.3) is 5.91 Å². The molecule has 0 aliphatic heterocycles. The Morgan fingerprint density at radius 1 is 1.07 bits per heavy atom. The molecule has 0 spiro atoms. The summed E-state index contributed by atoms with van der Waals surface area (Å²) in [6, 6.07) is 14.7. The van der Waals surface area contributed by atoms with Crippen LogP contribution in [0.5, 0.6) is 0 Å². The number of hydrogen-bond acceptors (Lipinski definition) is 4. The number of fused-ring (bicyclic) bond motifs is 1. The predicted molar refractivity (Wildman–Crippen MR) is 117 cm³/mol. The summed E-state index contributed by atoms with van der Waals surface area (Å²) in [5.41, 5.74) is 3.10. The van der Waals surface area contributed by atoms with Crippen LogP contribution in [0.15, 0.2) is 71.9 Å². The number of nitrogens with one attached hydrogen (secondary N) is 1. The summed E-state index contributed by atoms with van der Waals surface area (Å²) in [5, 5.41) is 4.97. The number of aromatic nitrogens is 3. The van der Waals surface area contributed by atoms with Crippen molar-refractivity contribution in [2.45, 2.75) is 18.8 Å². The molecule has 1 amide bonds. The fourth-order valence-electron chi connectivity index (χ4n) is 3.60. The van der Waals surface area contributed by atoms with E-state index in [1.807, 2.05) is 30.3 Å². The Kier molecular flexibility index (Phi) is 4.39. The molecule has 1 saturated carbocycles. The normalized spacial score (nSPS) is 13.4. The zero-order chi connectivity index (χ0) is 20.7. The molecule has 0 radical (unpaired) electrons. The zero-order valence-electron chi connectivity index (χ0n) is 16.5. The first kappa shape index (κ1) is 18.2. The molecule has 1 aliphatic rings. The summed E-state index contributed by atoms with van der Waals surface area (Å²) in [4.78, 5) is 33.5. The van der Waals surface area contributed by atoms with Gasteiger partial charge in [-0.2, -0.15) is 0 Å². The maximum atomic E-state index is 13.0. The number of hydrogen-bond donors (Lipinski definition) is 1. The number of carbonyl (C=O) groups is 1. The van der Waals surface area contributed by atoms with Crippen LogP contribution in [0.1, 0.15) is 34.7 Å². The fraction of sp³-hybridized carbons (Fsp3) is 0.167. The van der Waals surface area contributed by atoms with E-state index in [9.17, 15) is 9.59 Å². The maximum Gasteiger partial charge on any atom is 0.256 e. The van der Waals surface area contributed by atoms with E-state index in [0.717, 1.165) is 40.4 Å². The van der Waals surface area contributed by atoms with E-state index in [2.05, 4.69) is 10.3 Å². The number of carbonyl (C=O) groups excluding carboxylic acids is 1. The average Bonchev–Trinajstić information content (AvgIpc) is 3.60. The number of anilines is 1. The van der Waals surface area contributed by atoms with Crippen LogP contribution in [-0.2, 0) is 7.05 Å². The van der Waals surface area contributed by atoms with Crippen molar-refractivity contribution in [2.75, 3.05) is 5.32 Å². The first-order valence-corrected chi connectivity index (χ1v) is 9.91. The lowest BCUT2D eigenvalue weighted by Crippen LogP contribution is -2.16. The van der Waals surface area contributed by atoms with Crippen LogP contribution in [0.3, 0.4) is 0 Å². The third kappa shape index (κ3) is 3.48. The third-order valence-corrected chi connectivity index (χ3v) is 5.46. The lowest BCUT2D eigenvalue weighted by atomic mass is 10.1. The standard InChI is InChI=1S/C24H20N4O2/c1-28-14-19(6-9-22(28)29)21-8-7-20(15-2-3-15)23(26-21)27-24(30)17-4-5-18-13-25-11-10-16(18)12-17/h4-15H,2-3H2,1H3,(H,26,27,30). The van der Waals surface area contributed by atoms with Gasteiger partial charge in [0.2, 0.25) is 5.56 Å². The summed E-state index contributed by atoms with van der Waals surface area (Å²) in [7, 11) is 1.71. The van der Waals surface area contributed by atoms with E-state index < -0.39 is 0 Å². The highest BCUT2D eigenvalue weighted by molar-refractivity contribution is 6.06. The van der Waals surface area contributed by atoms with Crippen molar-refractivity contribution in [2.24, 2.45) is 7.05 Å². The molecule has 148 valence electrons. The minimum absolute atomic E-state index is 0.0756. The third-order valence-electron chi connectivity index (χ3n) is 5.46. The Balaban J connectivity index is 1.50. The minimum Gasteiger partial charge on any atom is -0.318 e. The van der Waals surface area contributed by atoms with Crippen molar-refractivity contribution in [1.82, 2.24) is 14.5 Å². The quantitative estimate of drug-likeness (QED) is 0.563. The number of pyridine rings is 3. The molecule has 1 N–H and O–H groups in total. The van der Waals surface area contributed by atoms with Crippen molar-refractivity contribution >= 4 is 22.5 Å². The van der Waals surface area contributed by atoms with E-state index in [-0.39, 0.29) is 11.5 Å². The second-order valence-corrected chi connectivity index (χ2v) is 7.67. The van der Waals surface area contributed by atoms with Gasteiger partial charge in [0.05, 0.1) is 5.69 Å². The van der Waals surface area contributed by atoms with Crippen LogP contribution in [-0.4, -0.2) is 20.4 Å². The highest BCUT2D eigenvalue weighted by Gasteiger charge is 2.28. The second kappa shape index (κ2) is 7.22. The lowest BCUT2D eigenvalue weighted by Gasteiger charge is -2.13. The topological polar surface area (TPSA) is 76.9 Å². The van der Waals surface area contributed by atoms with E-state index in [4.69, 9.17) is 4.98 Å². The Morgan fingerprint density at radius 2 is 1.93 bits per heavy atom. The largest absolute Gasteiger partial charge is 0.318 e. The SMILES string of the molecule is Cn1cc(-c2ccc(C3CC3)c(NC(=O)c3ccc4cnccc4c3)n2)ccc1=O. The lowest BCUT2D eigenvalue weighted by molar-refractivity contribution is 0.102. The first-order valence-electron chi connectivity index (χ1n) is 9.91. The van der Waals surface area contributed by atoms with Gasteiger partial charge in [-0.3, -0.25) is 14.6 Å². The van der Waals surface area contributed by atoms with Crippen LogP contribution >= 0.6 is 0 Å². The van der Waals surface area contributed by atoms with Gasteiger partial charge >= 0.3 is 0 Å². The molecule has 3 aromatic heterocycles. The van der Waals surface area contributed by atoms with Gasteiger partial charge in [0.15, 0.2) is 0 Å². The van der Waals surface area contributed by atoms with Crippen LogP contribution in [0, 0.1) is 0 Å². The molecule has 30 heavy (non-hydrogen) atoms. The predicted octanol–water partition coefficient (Wildman–Crippen LogP) is 4.13. The maximum absolute atomic E-state index is 13.0. The summed E-state index contributed by atoms with van der Waals surface area (Å²) < 4.78 is 1.52. The molecule has 0 bridgehead atoms. The molecular weight excluding hydrogens is 376 g/mol. The van der Waals surface area contributed by atoms with Gasteiger partial charge in [0.1, 0.15) is 5.82 Å². The summed E-state index contributed by atoms with van der Waals surface area (Å²) >= 11 is 0. The molecule has 6 nitrogen and oxygen atoms in total. The monoisotopic (exact) mass is 396 g/mol. The number of amides is 1. The Morgan fingerprint density at radius 3 is 2.73 bits per heavy atom. The van der Waals surface area contributed by atoms with Crippen LogP contribution < -0.4 is 10.9 Å². The molecule has 3 heterocycles. The summed E-state index contributed by atoms with van der Waals surface area (Å²) in [5.74, 6) is 0.828.